The second-order valence-corrected chi connectivity index (χ2v) is 2.31. The minimum atomic E-state index is -0.611. The maximum absolute atomic E-state index is 9.56. The van der Waals surface area contributed by atoms with Crippen LogP contribution in [0.1, 0.15) is 0 Å². The van der Waals surface area contributed by atoms with Crippen LogP contribution in [0.15, 0.2) is 0 Å². The second-order valence-electron chi connectivity index (χ2n) is 0.825. The minimum absolute atomic E-state index is 0. The van der Waals surface area contributed by atoms with Gasteiger partial charge in [-0.1, -0.05) is 11.2 Å². The zero-order valence-electron chi connectivity index (χ0n) is 4.13. The van der Waals surface area contributed by atoms with Gasteiger partial charge < -0.3 is 4.55 Å². The molecule has 0 radical (unpaired) electrons. The molecule has 0 rings (SSSR count). The van der Waals surface area contributed by atoms with E-state index < -0.39 is 11.2 Å². The van der Waals surface area contributed by atoms with Gasteiger partial charge >= 0.3 is 57.5 Å². The van der Waals surface area contributed by atoms with Gasteiger partial charge in [0.05, 0.1) is 12.5 Å². The summed E-state index contributed by atoms with van der Waals surface area (Å²) in [5.41, 5.74) is 0. The fourth-order valence-corrected chi connectivity index (χ4v) is 0. The third-order valence-electron chi connectivity index (χ3n) is 0. The summed E-state index contributed by atoms with van der Waals surface area (Å²) < 4.78 is 9.56. The molecule has 0 atom stereocenters. The van der Waals surface area contributed by atoms with Gasteiger partial charge in [-0.05, 0) is 0 Å². The summed E-state index contributed by atoms with van der Waals surface area (Å²) >= 11 is -0.611. The van der Waals surface area contributed by atoms with Crippen molar-refractivity contribution in [3.8, 4) is 0 Å². The Kier molecular flexibility index (Phi) is 31.8. The van der Waals surface area contributed by atoms with Crippen molar-refractivity contribution in [1.29, 1.82) is 0 Å². The fraction of sp³-hybridized carbons (Fsp3) is 0.667. The quantitative estimate of drug-likeness (QED) is 0.331. The molecule has 0 saturated carbocycles. The van der Waals surface area contributed by atoms with Gasteiger partial charge in [0.1, 0.15) is 0 Å². The molecule has 44 valence electrons. The van der Waals surface area contributed by atoms with E-state index in [1.54, 1.807) is 12.5 Å². The molecule has 0 N–H and O–H groups in total. The molecule has 0 aliphatic rings. The van der Waals surface area contributed by atoms with E-state index >= 15 is 0 Å². The monoisotopic (exact) mass is 162 g/mol. The maximum atomic E-state index is 9.56. The Morgan fingerprint density at radius 2 is 1.38 bits per heavy atom. The first-order chi connectivity index (χ1) is 3.15. The SMILES string of the molecule is C[S+](C)[O-].O=C=O.[KH]. The Morgan fingerprint density at radius 3 is 1.38 bits per heavy atom. The molecule has 0 aromatic rings. The van der Waals surface area contributed by atoms with Crippen LogP contribution in [0, 0.1) is 0 Å². The molecule has 0 saturated heterocycles. The van der Waals surface area contributed by atoms with Gasteiger partial charge in [-0.2, -0.15) is 9.59 Å². The van der Waals surface area contributed by atoms with E-state index in [9.17, 15) is 4.55 Å². The van der Waals surface area contributed by atoms with Crippen molar-refractivity contribution in [2.75, 3.05) is 12.5 Å². The van der Waals surface area contributed by atoms with E-state index in [0.29, 0.717) is 0 Å². The zero-order valence-corrected chi connectivity index (χ0v) is 4.95. The van der Waals surface area contributed by atoms with Crippen molar-refractivity contribution in [3.05, 3.63) is 0 Å². The van der Waals surface area contributed by atoms with Crippen LogP contribution in [-0.4, -0.2) is 74.6 Å². The molecule has 0 unspecified atom stereocenters. The van der Waals surface area contributed by atoms with E-state index in [2.05, 4.69) is 0 Å². The van der Waals surface area contributed by atoms with Gasteiger partial charge in [-0.25, -0.2) is 0 Å². The predicted molar refractivity (Wildman–Crippen MR) is 32.1 cm³/mol. The normalized spacial score (nSPS) is 5.50. The van der Waals surface area contributed by atoms with Gasteiger partial charge in [0.25, 0.3) is 0 Å². The summed E-state index contributed by atoms with van der Waals surface area (Å²) in [6.07, 6.45) is 3.53. The summed E-state index contributed by atoms with van der Waals surface area (Å²) in [4.78, 5) is 16.2. The average Bonchev–Trinajstić information content (AvgIpc) is 1.33. The summed E-state index contributed by atoms with van der Waals surface area (Å²) in [7, 11) is 0. The fourth-order valence-electron chi connectivity index (χ4n) is 0. The van der Waals surface area contributed by atoms with Crippen LogP contribution in [0.2, 0.25) is 0 Å². The average molecular weight is 162 g/mol. The Bertz CT molecular complexity index is 56.8. The van der Waals surface area contributed by atoms with Crippen LogP contribution in [0.3, 0.4) is 0 Å². The van der Waals surface area contributed by atoms with E-state index in [-0.39, 0.29) is 57.5 Å². The van der Waals surface area contributed by atoms with E-state index in [0.717, 1.165) is 0 Å². The molecule has 0 amide bonds. The molecule has 0 aliphatic heterocycles. The summed E-state index contributed by atoms with van der Waals surface area (Å²) in [6.45, 7) is 0. The Balaban J connectivity index is -0.0000000575. The van der Waals surface area contributed by atoms with E-state index in [1.807, 2.05) is 0 Å². The van der Waals surface area contributed by atoms with Gasteiger partial charge in [-0.15, -0.1) is 0 Å². The van der Waals surface area contributed by atoms with Crippen molar-refractivity contribution in [2.24, 2.45) is 0 Å². The molecule has 5 heteroatoms. The number of hydrogen-bond donors (Lipinski definition) is 0. The van der Waals surface area contributed by atoms with Gasteiger partial charge in [0.2, 0.25) is 0 Å². The first-order valence-electron chi connectivity index (χ1n) is 1.39. The molecule has 8 heavy (non-hydrogen) atoms. The van der Waals surface area contributed by atoms with Gasteiger partial charge in [0.15, 0.2) is 0 Å². The molecule has 0 fully saturated rings. The van der Waals surface area contributed by atoms with Gasteiger partial charge in [-0.3, -0.25) is 0 Å². The molecule has 3 nitrogen and oxygen atoms in total. The Labute approximate surface area is 93.8 Å². The third-order valence-corrected chi connectivity index (χ3v) is 0. The summed E-state index contributed by atoms with van der Waals surface area (Å²) in [5.74, 6) is 0. The van der Waals surface area contributed by atoms with Crippen LogP contribution in [-0.2, 0) is 20.8 Å². The van der Waals surface area contributed by atoms with Crippen molar-refractivity contribution < 1.29 is 14.1 Å². The Hall–Kier alpha value is 1.33. The van der Waals surface area contributed by atoms with Gasteiger partial charge in [0, 0.05) is 0 Å². The van der Waals surface area contributed by atoms with Crippen LogP contribution in [0.25, 0.3) is 0 Å². The van der Waals surface area contributed by atoms with E-state index in [4.69, 9.17) is 9.59 Å². The van der Waals surface area contributed by atoms with Crippen molar-refractivity contribution in [1.82, 2.24) is 0 Å². The van der Waals surface area contributed by atoms with Crippen LogP contribution >= 0.6 is 0 Å². The number of rotatable bonds is 0. The van der Waals surface area contributed by atoms with Crippen LogP contribution < -0.4 is 0 Å². The van der Waals surface area contributed by atoms with E-state index in [1.165, 1.54) is 0 Å². The number of hydrogen-bond acceptors (Lipinski definition) is 3. The molecular formula is C3H7KO3S. The van der Waals surface area contributed by atoms with Crippen molar-refractivity contribution in [3.63, 3.8) is 0 Å². The Morgan fingerprint density at radius 1 is 1.38 bits per heavy atom. The standard InChI is InChI=1S/C2H6OS.CO2.K.H/c1-4(2)3;2-1-3;;/h1-2H3;;;. The number of carbonyl (C=O) groups excluding carboxylic acids is 2. The van der Waals surface area contributed by atoms with Crippen molar-refractivity contribution >= 4 is 68.7 Å². The molecular weight excluding hydrogens is 155 g/mol. The first kappa shape index (κ1) is 16.2. The third kappa shape index (κ3) is 167. The second kappa shape index (κ2) is 15.8. The zero-order chi connectivity index (χ0) is 6.28. The molecule has 0 spiro atoms. The topological polar surface area (TPSA) is 57.2 Å². The summed E-state index contributed by atoms with van der Waals surface area (Å²) in [5, 5.41) is 0. The molecule has 0 bridgehead atoms. The first-order valence-corrected chi connectivity index (χ1v) is 3.36. The van der Waals surface area contributed by atoms with Crippen molar-refractivity contribution in [2.45, 2.75) is 0 Å². The molecule has 0 aromatic heterocycles. The summed E-state index contributed by atoms with van der Waals surface area (Å²) in [6, 6.07) is 0. The predicted octanol–water partition coefficient (Wildman–Crippen LogP) is -1.24. The van der Waals surface area contributed by atoms with Crippen LogP contribution in [0.5, 0.6) is 0 Å². The molecule has 0 aromatic carbocycles. The molecule has 0 heterocycles. The molecule has 0 aliphatic carbocycles. The van der Waals surface area contributed by atoms with Crippen LogP contribution in [0.4, 0.5) is 0 Å².